The van der Waals surface area contributed by atoms with Gasteiger partial charge in [-0.2, -0.15) is 4.31 Å². The van der Waals surface area contributed by atoms with Crippen molar-refractivity contribution in [1.29, 1.82) is 0 Å². The number of aryl methyl sites for hydroxylation is 1. The Morgan fingerprint density at radius 3 is 2.38 bits per heavy atom. The SMILES string of the molecule is Cc1cccc(CN(C(=O)CN(C)S(=O)(=O)c2ccc3ccccc3c2)[C@@H](C)C(=O)NC2CCCC2)c1. The minimum atomic E-state index is -3.92. The summed E-state index contributed by atoms with van der Waals surface area (Å²) in [6.07, 6.45) is 4.05. The van der Waals surface area contributed by atoms with Gasteiger partial charge in [-0.1, -0.05) is 73.0 Å². The molecule has 3 aromatic carbocycles. The number of nitrogens with one attached hydrogen (secondary N) is 1. The third kappa shape index (κ3) is 6.37. The number of likely N-dealkylation sites (N-methyl/N-ethyl adjacent to an activating group) is 1. The van der Waals surface area contributed by atoms with Crippen molar-refractivity contribution in [2.45, 2.75) is 63.1 Å². The van der Waals surface area contributed by atoms with Gasteiger partial charge in [0.2, 0.25) is 21.8 Å². The fourth-order valence-electron chi connectivity index (χ4n) is 4.86. The van der Waals surface area contributed by atoms with E-state index in [2.05, 4.69) is 5.32 Å². The third-order valence-electron chi connectivity index (χ3n) is 7.09. The van der Waals surface area contributed by atoms with Gasteiger partial charge < -0.3 is 10.2 Å². The molecule has 7 nitrogen and oxygen atoms in total. The van der Waals surface area contributed by atoms with Crippen molar-refractivity contribution in [3.05, 3.63) is 77.9 Å². The Kier molecular flexibility index (Phi) is 8.29. The maximum atomic E-state index is 13.6. The number of hydrogen-bond acceptors (Lipinski definition) is 4. The molecule has 0 radical (unpaired) electrons. The maximum absolute atomic E-state index is 13.6. The summed E-state index contributed by atoms with van der Waals surface area (Å²) in [5.41, 5.74) is 1.93. The Balaban J connectivity index is 1.54. The molecule has 196 valence electrons. The lowest BCUT2D eigenvalue weighted by molar-refractivity contribution is -0.140. The molecule has 2 amide bonds. The highest BCUT2D eigenvalue weighted by Gasteiger charge is 2.31. The van der Waals surface area contributed by atoms with Crippen LogP contribution in [-0.2, 0) is 26.2 Å². The van der Waals surface area contributed by atoms with Crippen LogP contribution in [0.5, 0.6) is 0 Å². The molecule has 1 saturated carbocycles. The van der Waals surface area contributed by atoms with E-state index in [9.17, 15) is 18.0 Å². The van der Waals surface area contributed by atoms with E-state index in [4.69, 9.17) is 0 Å². The number of sulfonamides is 1. The predicted octanol–water partition coefficient (Wildman–Crippen LogP) is 4.24. The van der Waals surface area contributed by atoms with E-state index in [1.165, 1.54) is 11.9 Å². The second-order valence-corrected chi connectivity index (χ2v) is 12.0. The van der Waals surface area contributed by atoms with Crippen molar-refractivity contribution in [2.24, 2.45) is 0 Å². The highest BCUT2D eigenvalue weighted by atomic mass is 32.2. The standard InChI is InChI=1S/C29H35N3O4S/c1-21-9-8-10-23(17-21)19-32(22(2)29(34)30-26-13-6-7-14-26)28(33)20-31(3)37(35,36)27-16-15-24-11-4-5-12-25(24)18-27/h4-5,8-12,15-18,22,26H,6-7,13-14,19-20H2,1-3H3,(H,30,34)/t22-/m0/s1. The lowest BCUT2D eigenvalue weighted by Crippen LogP contribution is -2.52. The third-order valence-corrected chi connectivity index (χ3v) is 8.89. The van der Waals surface area contributed by atoms with E-state index < -0.39 is 22.0 Å². The molecule has 8 heteroatoms. The first-order chi connectivity index (χ1) is 17.6. The topological polar surface area (TPSA) is 86.8 Å². The Morgan fingerprint density at radius 1 is 0.973 bits per heavy atom. The average molecular weight is 522 g/mol. The summed E-state index contributed by atoms with van der Waals surface area (Å²) in [7, 11) is -2.52. The van der Waals surface area contributed by atoms with Gasteiger partial charge in [0.25, 0.3) is 0 Å². The van der Waals surface area contributed by atoms with E-state index in [0.717, 1.165) is 51.9 Å². The van der Waals surface area contributed by atoms with Crippen LogP contribution in [0.15, 0.2) is 71.6 Å². The highest BCUT2D eigenvalue weighted by molar-refractivity contribution is 7.89. The van der Waals surface area contributed by atoms with E-state index in [0.29, 0.717) is 0 Å². The molecule has 37 heavy (non-hydrogen) atoms. The van der Waals surface area contributed by atoms with Gasteiger partial charge in [-0.05, 0) is 55.2 Å². The summed E-state index contributed by atoms with van der Waals surface area (Å²) in [6, 6.07) is 19.6. The summed E-state index contributed by atoms with van der Waals surface area (Å²) in [5.74, 6) is -0.643. The van der Waals surface area contributed by atoms with Gasteiger partial charge in [0.1, 0.15) is 6.04 Å². The van der Waals surface area contributed by atoms with E-state index >= 15 is 0 Å². The van der Waals surface area contributed by atoms with Gasteiger partial charge in [-0.3, -0.25) is 9.59 Å². The summed E-state index contributed by atoms with van der Waals surface area (Å²) in [5, 5.41) is 4.82. The van der Waals surface area contributed by atoms with Crippen molar-refractivity contribution >= 4 is 32.6 Å². The van der Waals surface area contributed by atoms with Crippen molar-refractivity contribution in [1.82, 2.24) is 14.5 Å². The second kappa shape index (κ2) is 11.4. The van der Waals surface area contributed by atoms with Crippen LogP contribution in [0.25, 0.3) is 10.8 Å². The number of benzene rings is 3. The molecule has 3 aromatic rings. The number of nitrogens with zero attached hydrogens (tertiary/aromatic N) is 2. The van der Waals surface area contributed by atoms with Gasteiger partial charge >= 0.3 is 0 Å². The number of amides is 2. The molecular weight excluding hydrogens is 486 g/mol. The van der Waals surface area contributed by atoms with Crippen LogP contribution < -0.4 is 5.32 Å². The second-order valence-electron chi connectivity index (χ2n) is 9.95. The molecule has 1 atom stereocenters. The van der Waals surface area contributed by atoms with Crippen molar-refractivity contribution in [2.75, 3.05) is 13.6 Å². The largest absolute Gasteiger partial charge is 0.352 e. The monoisotopic (exact) mass is 521 g/mol. The number of hydrogen-bond donors (Lipinski definition) is 1. The summed E-state index contributed by atoms with van der Waals surface area (Å²) >= 11 is 0. The molecule has 1 aliphatic rings. The van der Waals surface area contributed by atoms with Gasteiger partial charge in [-0.25, -0.2) is 8.42 Å². The zero-order chi connectivity index (χ0) is 26.6. The molecule has 0 unspecified atom stereocenters. The molecule has 0 aromatic heterocycles. The predicted molar refractivity (Wildman–Crippen MR) is 145 cm³/mol. The lowest BCUT2D eigenvalue weighted by Gasteiger charge is -2.31. The smallest absolute Gasteiger partial charge is 0.243 e. The Morgan fingerprint density at radius 2 is 1.68 bits per heavy atom. The number of carbonyl (C=O) groups is 2. The van der Waals surface area contributed by atoms with Gasteiger partial charge in [0.05, 0.1) is 11.4 Å². The molecule has 4 rings (SSSR count). The van der Waals surface area contributed by atoms with Crippen LogP contribution >= 0.6 is 0 Å². The molecule has 0 aliphatic heterocycles. The summed E-state index contributed by atoms with van der Waals surface area (Å²) in [4.78, 5) is 28.3. The van der Waals surface area contributed by atoms with Crippen LogP contribution in [0.4, 0.5) is 0 Å². The summed E-state index contributed by atoms with van der Waals surface area (Å²) in [6.45, 7) is 3.51. The number of rotatable bonds is 9. The van der Waals surface area contributed by atoms with Crippen molar-refractivity contribution in [3.63, 3.8) is 0 Å². The fourth-order valence-corrected chi connectivity index (χ4v) is 6.01. The van der Waals surface area contributed by atoms with Crippen LogP contribution in [0.3, 0.4) is 0 Å². The molecule has 0 saturated heterocycles. The number of carbonyl (C=O) groups excluding carboxylic acids is 2. The quantitative estimate of drug-likeness (QED) is 0.456. The fraction of sp³-hybridized carbons (Fsp3) is 0.379. The van der Waals surface area contributed by atoms with E-state index in [1.54, 1.807) is 25.1 Å². The molecule has 1 N–H and O–H groups in total. The number of fused-ring (bicyclic) bond motifs is 1. The van der Waals surface area contributed by atoms with Crippen LogP contribution in [-0.4, -0.2) is 55.1 Å². The normalized spacial score (nSPS) is 15.1. The van der Waals surface area contributed by atoms with E-state index in [1.807, 2.05) is 55.5 Å². The zero-order valence-corrected chi connectivity index (χ0v) is 22.5. The highest BCUT2D eigenvalue weighted by Crippen LogP contribution is 2.22. The Labute approximate surface area is 219 Å². The Bertz CT molecular complexity index is 1380. The molecule has 0 spiro atoms. The molecular formula is C29H35N3O4S. The lowest BCUT2D eigenvalue weighted by atomic mass is 10.1. The first-order valence-corrected chi connectivity index (χ1v) is 14.2. The average Bonchev–Trinajstić information content (AvgIpc) is 3.39. The van der Waals surface area contributed by atoms with Crippen LogP contribution in [0.2, 0.25) is 0 Å². The van der Waals surface area contributed by atoms with Crippen molar-refractivity contribution < 1.29 is 18.0 Å². The molecule has 0 heterocycles. The van der Waals surface area contributed by atoms with Gasteiger partial charge in [0, 0.05) is 19.6 Å². The van der Waals surface area contributed by atoms with Crippen molar-refractivity contribution in [3.8, 4) is 0 Å². The summed E-state index contributed by atoms with van der Waals surface area (Å²) < 4.78 is 27.8. The van der Waals surface area contributed by atoms with Gasteiger partial charge in [-0.15, -0.1) is 0 Å². The van der Waals surface area contributed by atoms with E-state index in [-0.39, 0.29) is 29.9 Å². The van der Waals surface area contributed by atoms with Crippen LogP contribution in [0.1, 0.15) is 43.7 Å². The van der Waals surface area contributed by atoms with Gasteiger partial charge in [0.15, 0.2) is 0 Å². The zero-order valence-electron chi connectivity index (χ0n) is 21.7. The molecule has 0 bridgehead atoms. The van der Waals surface area contributed by atoms with Crippen LogP contribution in [0, 0.1) is 6.92 Å². The Hall–Kier alpha value is -3.23. The minimum Gasteiger partial charge on any atom is -0.352 e. The maximum Gasteiger partial charge on any atom is 0.243 e. The molecule has 1 aliphatic carbocycles. The first-order valence-electron chi connectivity index (χ1n) is 12.8. The minimum absolute atomic E-state index is 0.124. The molecule has 1 fully saturated rings. The first kappa shape index (κ1) is 26.8.